The Kier molecular flexibility index (Phi) is 9.51. The molecule has 1 aliphatic rings. The molecule has 0 aliphatic carbocycles. The average Bonchev–Trinajstić information content (AvgIpc) is 3.06. The third-order valence-corrected chi connectivity index (χ3v) is 4.45. The number of amides is 1. The lowest BCUT2D eigenvalue weighted by atomic mass is 9.94. The Morgan fingerprint density at radius 3 is 2.48 bits per heavy atom. The largest absolute Gasteiger partial charge is 0.356 e. The van der Waals surface area contributed by atoms with E-state index in [-0.39, 0.29) is 36.3 Å². The molecule has 0 saturated carbocycles. The molecule has 23 heavy (non-hydrogen) atoms. The Morgan fingerprint density at radius 2 is 1.91 bits per heavy atom. The van der Waals surface area contributed by atoms with E-state index in [1.54, 1.807) is 6.20 Å². The normalized spacial score (nSPS) is 14.0. The van der Waals surface area contributed by atoms with Crippen molar-refractivity contribution in [3.63, 3.8) is 0 Å². The zero-order valence-electron chi connectivity index (χ0n) is 13.9. The number of pyridine rings is 1. The monoisotopic (exact) mass is 362 g/mol. The van der Waals surface area contributed by atoms with Crippen LogP contribution in [0.5, 0.6) is 0 Å². The highest BCUT2D eigenvalue weighted by Crippen LogP contribution is 2.22. The Morgan fingerprint density at radius 1 is 1.30 bits per heavy atom. The fraction of sp³-hybridized carbons (Fsp3) is 0.625. The minimum atomic E-state index is -0.328. The summed E-state index contributed by atoms with van der Waals surface area (Å²) in [4.78, 5) is 19.1. The number of rotatable bonds is 6. The summed E-state index contributed by atoms with van der Waals surface area (Å²) >= 11 is 0. The topological polar surface area (TPSA) is 71.2 Å². The fourth-order valence-electron chi connectivity index (χ4n) is 2.61. The molecule has 1 aromatic rings. The molecule has 0 spiro atoms. The lowest BCUT2D eigenvalue weighted by Gasteiger charge is -2.27. The summed E-state index contributed by atoms with van der Waals surface area (Å²) < 4.78 is 0. The molecule has 2 rings (SSSR count). The van der Waals surface area contributed by atoms with Crippen LogP contribution in [0.2, 0.25) is 0 Å². The van der Waals surface area contributed by atoms with Crippen molar-refractivity contribution in [3.05, 3.63) is 23.9 Å². The summed E-state index contributed by atoms with van der Waals surface area (Å²) in [5.74, 6) is 0.713. The van der Waals surface area contributed by atoms with Crippen molar-refractivity contribution in [3.8, 4) is 0 Å². The zero-order chi connectivity index (χ0) is 15.3. The number of hydrogen-bond acceptors (Lipinski definition) is 4. The molecular weight excluding hydrogens is 335 g/mol. The maximum atomic E-state index is 12.5. The van der Waals surface area contributed by atoms with Crippen LogP contribution >= 0.6 is 24.8 Å². The fourth-order valence-corrected chi connectivity index (χ4v) is 2.61. The van der Waals surface area contributed by atoms with Gasteiger partial charge in [0, 0.05) is 31.4 Å². The lowest BCUT2D eigenvalue weighted by Crippen LogP contribution is -2.49. The SMILES string of the molecule is CCC(N)(CC)CNC(=O)c1cccnc1N1CCCC1.Cl.Cl. The molecule has 0 aromatic carbocycles. The average molecular weight is 363 g/mol. The van der Waals surface area contributed by atoms with Gasteiger partial charge in [0.2, 0.25) is 0 Å². The van der Waals surface area contributed by atoms with Crippen molar-refractivity contribution in [2.24, 2.45) is 5.73 Å². The summed E-state index contributed by atoms with van der Waals surface area (Å²) in [7, 11) is 0. The molecule has 1 aromatic heterocycles. The van der Waals surface area contributed by atoms with Crippen LogP contribution in [0.3, 0.4) is 0 Å². The van der Waals surface area contributed by atoms with E-state index in [1.807, 2.05) is 12.1 Å². The highest BCUT2D eigenvalue weighted by atomic mass is 35.5. The molecular formula is C16H28Cl2N4O. The number of nitrogens with two attached hydrogens (primary N) is 1. The molecule has 0 bridgehead atoms. The maximum absolute atomic E-state index is 12.5. The Bertz CT molecular complexity index is 489. The summed E-state index contributed by atoms with van der Waals surface area (Å²) in [5.41, 5.74) is 6.56. The molecule has 1 aliphatic heterocycles. The standard InChI is InChI=1S/C16H26N4O.2ClH/c1-3-16(17,4-2)12-19-15(21)13-8-7-9-18-14(13)20-10-5-6-11-20;;/h7-9H,3-6,10-12,17H2,1-2H3,(H,19,21);2*1H. The highest BCUT2D eigenvalue weighted by molar-refractivity contribution is 5.99. The van der Waals surface area contributed by atoms with E-state index in [4.69, 9.17) is 5.73 Å². The number of nitrogens with one attached hydrogen (secondary N) is 1. The van der Waals surface area contributed by atoms with Gasteiger partial charge in [-0.15, -0.1) is 24.8 Å². The minimum absolute atomic E-state index is 0. The van der Waals surface area contributed by atoms with Gasteiger partial charge in [-0.25, -0.2) is 4.98 Å². The van der Waals surface area contributed by atoms with Crippen LogP contribution in [0.4, 0.5) is 5.82 Å². The molecule has 5 nitrogen and oxygen atoms in total. The van der Waals surface area contributed by atoms with Crippen molar-refractivity contribution < 1.29 is 4.79 Å². The van der Waals surface area contributed by atoms with Crippen LogP contribution in [0.15, 0.2) is 18.3 Å². The lowest BCUT2D eigenvalue weighted by molar-refractivity contribution is 0.0942. The van der Waals surface area contributed by atoms with Crippen molar-refractivity contribution in [1.29, 1.82) is 0 Å². The highest BCUT2D eigenvalue weighted by Gasteiger charge is 2.24. The Labute approximate surface area is 151 Å². The number of anilines is 1. The van der Waals surface area contributed by atoms with Crippen molar-refractivity contribution in [1.82, 2.24) is 10.3 Å². The Hall–Kier alpha value is -1.04. The molecule has 132 valence electrons. The van der Waals surface area contributed by atoms with Crippen LogP contribution in [0.25, 0.3) is 0 Å². The molecule has 3 N–H and O–H groups in total. The van der Waals surface area contributed by atoms with E-state index in [0.717, 1.165) is 44.6 Å². The van der Waals surface area contributed by atoms with Crippen molar-refractivity contribution in [2.75, 3.05) is 24.5 Å². The second kappa shape index (κ2) is 9.96. The quantitative estimate of drug-likeness (QED) is 0.815. The second-order valence-corrected chi connectivity index (χ2v) is 5.82. The first-order valence-corrected chi connectivity index (χ1v) is 7.86. The van der Waals surface area contributed by atoms with Crippen molar-refractivity contribution >= 4 is 36.5 Å². The molecule has 1 fully saturated rings. The van der Waals surface area contributed by atoms with E-state index in [0.29, 0.717) is 12.1 Å². The molecule has 0 unspecified atom stereocenters. The van der Waals surface area contributed by atoms with E-state index in [2.05, 4.69) is 29.0 Å². The van der Waals surface area contributed by atoms with Gasteiger partial charge in [-0.05, 0) is 37.8 Å². The molecule has 0 radical (unpaired) electrons. The predicted octanol–water partition coefficient (Wildman–Crippen LogP) is 2.77. The number of hydrogen-bond donors (Lipinski definition) is 2. The van der Waals surface area contributed by atoms with E-state index in [1.165, 1.54) is 0 Å². The van der Waals surface area contributed by atoms with Gasteiger partial charge in [0.1, 0.15) is 5.82 Å². The number of carbonyl (C=O) groups excluding carboxylic acids is 1. The first kappa shape index (κ1) is 22.0. The van der Waals surface area contributed by atoms with Gasteiger partial charge in [0.15, 0.2) is 0 Å². The van der Waals surface area contributed by atoms with E-state index in [9.17, 15) is 4.79 Å². The van der Waals surface area contributed by atoms with Gasteiger partial charge in [-0.2, -0.15) is 0 Å². The van der Waals surface area contributed by atoms with Crippen LogP contribution in [-0.2, 0) is 0 Å². The minimum Gasteiger partial charge on any atom is -0.356 e. The number of nitrogens with zero attached hydrogens (tertiary/aromatic N) is 2. The van der Waals surface area contributed by atoms with Crippen LogP contribution < -0.4 is 16.0 Å². The first-order valence-electron chi connectivity index (χ1n) is 7.86. The van der Waals surface area contributed by atoms with Gasteiger partial charge >= 0.3 is 0 Å². The Balaban J connectivity index is 0.00000242. The third-order valence-electron chi connectivity index (χ3n) is 4.45. The summed E-state index contributed by atoms with van der Waals surface area (Å²) in [6.07, 6.45) is 5.76. The summed E-state index contributed by atoms with van der Waals surface area (Å²) in [5, 5.41) is 2.97. The van der Waals surface area contributed by atoms with Gasteiger partial charge < -0.3 is 16.0 Å². The third kappa shape index (κ3) is 5.52. The molecule has 0 atom stereocenters. The zero-order valence-corrected chi connectivity index (χ0v) is 15.5. The predicted molar refractivity (Wildman–Crippen MR) is 100 cm³/mol. The van der Waals surface area contributed by atoms with Crippen molar-refractivity contribution in [2.45, 2.75) is 45.1 Å². The van der Waals surface area contributed by atoms with Crippen LogP contribution in [0.1, 0.15) is 49.9 Å². The smallest absolute Gasteiger partial charge is 0.255 e. The molecule has 1 saturated heterocycles. The second-order valence-electron chi connectivity index (χ2n) is 5.82. The molecule has 1 amide bonds. The van der Waals surface area contributed by atoms with Gasteiger partial charge in [0.05, 0.1) is 5.56 Å². The molecule has 7 heteroatoms. The number of aromatic nitrogens is 1. The van der Waals surface area contributed by atoms with E-state index >= 15 is 0 Å². The maximum Gasteiger partial charge on any atom is 0.255 e. The summed E-state index contributed by atoms with van der Waals surface area (Å²) in [6, 6.07) is 3.65. The summed E-state index contributed by atoms with van der Waals surface area (Å²) in [6.45, 7) is 6.54. The van der Waals surface area contributed by atoms with Gasteiger partial charge in [-0.3, -0.25) is 4.79 Å². The van der Waals surface area contributed by atoms with Gasteiger partial charge in [0.25, 0.3) is 5.91 Å². The number of halogens is 2. The molecule has 2 heterocycles. The van der Waals surface area contributed by atoms with Crippen LogP contribution in [0, 0.1) is 0 Å². The van der Waals surface area contributed by atoms with E-state index < -0.39 is 0 Å². The number of carbonyl (C=O) groups is 1. The van der Waals surface area contributed by atoms with Crippen LogP contribution in [-0.4, -0.2) is 36.1 Å². The van der Waals surface area contributed by atoms with Gasteiger partial charge in [-0.1, -0.05) is 13.8 Å². The first-order chi connectivity index (χ1) is 10.1.